The molecule has 11 heteroatoms. The quantitative estimate of drug-likeness (QED) is 0.681. The molecule has 0 fully saturated rings. The number of hydrogen-bond donors (Lipinski definition) is 2. The van der Waals surface area contributed by atoms with Crippen LogP contribution in [0.25, 0.3) is 0 Å². The fraction of sp³-hybridized carbons (Fsp3) is 0.471. The summed E-state index contributed by atoms with van der Waals surface area (Å²) in [5.41, 5.74) is 0.127. The monoisotopic (exact) mass is 426 g/mol. The van der Waals surface area contributed by atoms with Crippen molar-refractivity contribution >= 4 is 32.4 Å². The van der Waals surface area contributed by atoms with Gasteiger partial charge in [-0.15, -0.1) is 10.2 Å². The van der Waals surface area contributed by atoms with E-state index in [-0.39, 0.29) is 21.8 Å². The van der Waals surface area contributed by atoms with Crippen LogP contribution < -0.4 is 19.5 Å². The number of methoxy groups -OCH3 is 1. The number of nitrogens with one attached hydrogen (secondary N) is 2. The summed E-state index contributed by atoms with van der Waals surface area (Å²) in [5, 5.41) is 10.1. The lowest BCUT2D eigenvalue weighted by Crippen LogP contribution is -2.41. The van der Waals surface area contributed by atoms with E-state index in [0.29, 0.717) is 23.5 Å². The smallest absolute Gasteiger partial charge is 0.270 e. The largest absolute Gasteiger partial charge is 0.497 e. The zero-order valence-corrected chi connectivity index (χ0v) is 17.6. The molecule has 0 aliphatic carbocycles. The molecule has 0 saturated carbocycles. The number of anilines is 1. The first-order valence-corrected chi connectivity index (χ1v) is 11.0. The Morgan fingerprint density at radius 1 is 1.39 bits per heavy atom. The Bertz CT molecular complexity index is 987. The molecule has 1 aliphatic rings. The molecule has 3 rings (SSSR count). The van der Waals surface area contributed by atoms with Gasteiger partial charge in [0.25, 0.3) is 10.0 Å². The molecular formula is C17H22N4O5S2. The van der Waals surface area contributed by atoms with Crippen LogP contribution in [0.3, 0.4) is 0 Å². The van der Waals surface area contributed by atoms with Gasteiger partial charge in [-0.05, 0) is 32.0 Å². The van der Waals surface area contributed by atoms with Gasteiger partial charge in [0.2, 0.25) is 15.4 Å². The van der Waals surface area contributed by atoms with Crippen LogP contribution in [-0.2, 0) is 14.8 Å². The third-order valence-electron chi connectivity index (χ3n) is 4.18. The SMILES string of the molecule is CCC(=O)Nc1nnc(S(=O)(=O)NC2CC(C)(C)Oc3ccc(OC)cc32)s1. The van der Waals surface area contributed by atoms with Gasteiger partial charge in [0.05, 0.1) is 13.2 Å². The molecule has 1 unspecified atom stereocenters. The first kappa shape index (κ1) is 20.5. The summed E-state index contributed by atoms with van der Waals surface area (Å²) >= 11 is 0.800. The Kier molecular flexibility index (Phi) is 5.60. The van der Waals surface area contributed by atoms with Gasteiger partial charge in [-0.2, -0.15) is 0 Å². The molecule has 1 aromatic carbocycles. The first-order valence-electron chi connectivity index (χ1n) is 8.66. The highest BCUT2D eigenvalue weighted by Crippen LogP contribution is 2.41. The maximum absolute atomic E-state index is 12.9. The van der Waals surface area contributed by atoms with Gasteiger partial charge in [0, 0.05) is 18.4 Å². The number of sulfonamides is 1. The van der Waals surface area contributed by atoms with Crippen LogP contribution in [0, 0.1) is 0 Å². The number of hydrogen-bond acceptors (Lipinski definition) is 8. The van der Waals surface area contributed by atoms with Crippen molar-refractivity contribution in [2.45, 2.75) is 49.6 Å². The summed E-state index contributed by atoms with van der Waals surface area (Å²) in [6, 6.07) is 4.75. The molecular weight excluding hydrogens is 404 g/mol. The van der Waals surface area contributed by atoms with E-state index in [1.54, 1.807) is 32.2 Å². The molecule has 2 aromatic rings. The van der Waals surface area contributed by atoms with Gasteiger partial charge in [-0.25, -0.2) is 13.1 Å². The zero-order chi connectivity index (χ0) is 20.5. The van der Waals surface area contributed by atoms with Crippen LogP contribution >= 0.6 is 11.3 Å². The molecule has 0 saturated heterocycles. The van der Waals surface area contributed by atoms with Gasteiger partial charge in [-0.3, -0.25) is 4.79 Å². The average Bonchev–Trinajstić information content (AvgIpc) is 3.09. The summed E-state index contributed by atoms with van der Waals surface area (Å²) in [6.07, 6.45) is 0.681. The standard InChI is InChI=1S/C17H22N4O5S2/c1-5-14(22)18-15-19-20-16(27-15)28(23,24)21-12-9-17(2,3)26-13-7-6-10(25-4)8-11(12)13/h6-8,12,21H,5,9H2,1-4H3,(H,18,19,22). The number of benzene rings is 1. The normalized spacial score (nSPS) is 18.1. The molecule has 152 valence electrons. The Labute approximate surface area is 167 Å². The second-order valence-electron chi connectivity index (χ2n) is 6.92. The topological polar surface area (TPSA) is 120 Å². The van der Waals surface area contributed by atoms with Crippen molar-refractivity contribution in [3.05, 3.63) is 23.8 Å². The second kappa shape index (κ2) is 7.64. The molecule has 2 N–H and O–H groups in total. The van der Waals surface area contributed by atoms with Crippen molar-refractivity contribution in [2.24, 2.45) is 0 Å². The number of aromatic nitrogens is 2. The maximum Gasteiger partial charge on any atom is 0.270 e. The number of carbonyl (C=O) groups is 1. The average molecular weight is 427 g/mol. The number of nitrogens with zero attached hydrogens (tertiary/aromatic N) is 2. The summed E-state index contributed by atoms with van der Waals surface area (Å²) in [7, 11) is -2.40. The van der Waals surface area contributed by atoms with E-state index >= 15 is 0 Å². The van der Waals surface area contributed by atoms with E-state index < -0.39 is 21.7 Å². The summed E-state index contributed by atoms with van der Waals surface area (Å²) in [5.74, 6) is 0.935. The van der Waals surface area contributed by atoms with E-state index in [1.807, 2.05) is 13.8 Å². The Balaban J connectivity index is 1.89. The fourth-order valence-corrected chi connectivity index (χ4v) is 5.03. The van der Waals surface area contributed by atoms with Crippen LogP contribution in [0.5, 0.6) is 11.5 Å². The van der Waals surface area contributed by atoms with Crippen LogP contribution in [0.1, 0.15) is 45.2 Å². The van der Waals surface area contributed by atoms with E-state index in [0.717, 1.165) is 11.3 Å². The Morgan fingerprint density at radius 3 is 2.82 bits per heavy atom. The maximum atomic E-state index is 12.9. The van der Waals surface area contributed by atoms with Crippen molar-refractivity contribution in [1.82, 2.24) is 14.9 Å². The van der Waals surface area contributed by atoms with E-state index in [2.05, 4.69) is 20.2 Å². The zero-order valence-electron chi connectivity index (χ0n) is 16.0. The van der Waals surface area contributed by atoms with Gasteiger partial charge in [0.15, 0.2) is 0 Å². The van der Waals surface area contributed by atoms with Crippen molar-refractivity contribution < 1.29 is 22.7 Å². The van der Waals surface area contributed by atoms with Crippen LogP contribution in [0.4, 0.5) is 5.13 Å². The predicted octanol–water partition coefficient (Wildman–Crippen LogP) is 2.48. The number of ether oxygens (including phenoxy) is 2. The minimum Gasteiger partial charge on any atom is -0.497 e. The minimum atomic E-state index is -3.95. The summed E-state index contributed by atoms with van der Waals surface area (Å²) < 4.78 is 39.4. The third-order valence-corrected chi connectivity index (χ3v) is 6.85. The Hall–Kier alpha value is -2.24. The molecule has 0 radical (unpaired) electrons. The summed E-state index contributed by atoms with van der Waals surface area (Å²) in [4.78, 5) is 11.5. The lowest BCUT2D eigenvalue weighted by Gasteiger charge is -2.37. The highest BCUT2D eigenvalue weighted by atomic mass is 32.2. The Morgan fingerprint density at radius 2 is 2.14 bits per heavy atom. The lowest BCUT2D eigenvalue weighted by molar-refractivity contribution is -0.115. The lowest BCUT2D eigenvalue weighted by atomic mass is 9.90. The van der Waals surface area contributed by atoms with Gasteiger partial charge >= 0.3 is 0 Å². The number of rotatable bonds is 6. The van der Waals surface area contributed by atoms with Crippen LogP contribution in [0.2, 0.25) is 0 Å². The number of amides is 1. The van der Waals surface area contributed by atoms with E-state index in [4.69, 9.17) is 9.47 Å². The number of fused-ring (bicyclic) bond motifs is 1. The van der Waals surface area contributed by atoms with Gasteiger partial charge < -0.3 is 14.8 Å². The molecule has 1 atom stereocenters. The van der Waals surface area contributed by atoms with Crippen LogP contribution in [-0.4, -0.2) is 37.2 Å². The van der Waals surface area contributed by atoms with Crippen LogP contribution in [0.15, 0.2) is 22.5 Å². The summed E-state index contributed by atoms with van der Waals surface area (Å²) in [6.45, 7) is 5.48. The van der Waals surface area contributed by atoms with Crippen molar-refractivity contribution in [1.29, 1.82) is 0 Å². The minimum absolute atomic E-state index is 0.140. The molecule has 1 amide bonds. The van der Waals surface area contributed by atoms with Gasteiger partial charge in [-0.1, -0.05) is 18.3 Å². The van der Waals surface area contributed by atoms with E-state index in [1.165, 1.54) is 0 Å². The van der Waals surface area contributed by atoms with Crippen molar-refractivity contribution in [2.75, 3.05) is 12.4 Å². The molecule has 1 aliphatic heterocycles. The molecule has 28 heavy (non-hydrogen) atoms. The van der Waals surface area contributed by atoms with E-state index in [9.17, 15) is 13.2 Å². The molecule has 0 spiro atoms. The van der Waals surface area contributed by atoms with Gasteiger partial charge in [0.1, 0.15) is 17.1 Å². The molecule has 2 heterocycles. The van der Waals surface area contributed by atoms with Crippen molar-refractivity contribution in [3.8, 4) is 11.5 Å². The molecule has 9 nitrogen and oxygen atoms in total. The third kappa shape index (κ3) is 4.42. The first-order chi connectivity index (χ1) is 13.1. The number of carbonyl (C=O) groups excluding carboxylic acids is 1. The van der Waals surface area contributed by atoms with Crippen molar-refractivity contribution in [3.63, 3.8) is 0 Å². The highest BCUT2D eigenvalue weighted by Gasteiger charge is 2.37. The molecule has 0 bridgehead atoms. The molecule has 1 aromatic heterocycles. The highest BCUT2D eigenvalue weighted by molar-refractivity contribution is 7.91. The second-order valence-corrected chi connectivity index (χ2v) is 9.78. The fourth-order valence-electron chi connectivity index (χ4n) is 2.88. The predicted molar refractivity (Wildman–Crippen MR) is 104 cm³/mol.